The minimum absolute atomic E-state index is 0.0201. The summed E-state index contributed by atoms with van der Waals surface area (Å²) in [5, 5.41) is 4.65. The first-order valence-corrected chi connectivity index (χ1v) is 8.76. The van der Waals surface area contributed by atoms with Crippen molar-refractivity contribution in [3.63, 3.8) is 0 Å². The molecule has 0 bridgehead atoms. The van der Waals surface area contributed by atoms with Gasteiger partial charge in [0.25, 0.3) is 5.91 Å². The van der Waals surface area contributed by atoms with Crippen LogP contribution in [0.5, 0.6) is 0 Å². The highest BCUT2D eigenvalue weighted by molar-refractivity contribution is 7.16. The Hall–Kier alpha value is -2.54. The van der Waals surface area contributed by atoms with Crippen LogP contribution in [0.2, 0.25) is 0 Å². The number of thiazole rings is 1. The van der Waals surface area contributed by atoms with Crippen LogP contribution in [0.25, 0.3) is 10.6 Å². The van der Waals surface area contributed by atoms with Crippen molar-refractivity contribution < 1.29 is 9.18 Å². The highest BCUT2D eigenvalue weighted by Crippen LogP contribution is 2.28. The summed E-state index contributed by atoms with van der Waals surface area (Å²) in [5.74, 6) is -0.453. The van der Waals surface area contributed by atoms with Crippen LogP contribution in [0.3, 0.4) is 0 Å². The summed E-state index contributed by atoms with van der Waals surface area (Å²) >= 11 is 1.21. The van der Waals surface area contributed by atoms with Gasteiger partial charge in [0, 0.05) is 37.0 Å². The molecule has 2 heterocycles. The molecule has 7 heteroatoms. The topological polar surface area (TPSA) is 51.0 Å². The number of carbonyl (C=O) groups is 1. The van der Waals surface area contributed by atoms with Gasteiger partial charge in [0.2, 0.25) is 0 Å². The van der Waals surface area contributed by atoms with Gasteiger partial charge in [0.05, 0.1) is 12.4 Å². The maximum Gasteiger partial charge on any atom is 0.266 e. The van der Waals surface area contributed by atoms with E-state index in [4.69, 9.17) is 0 Å². The number of carbonyl (C=O) groups excluding carboxylic acids is 1. The van der Waals surface area contributed by atoms with E-state index < -0.39 is 0 Å². The maximum atomic E-state index is 13.9. The van der Waals surface area contributed by atoms with Crippen LogP contribution in [-0.2, 0) is 13.6 Å². The molecule has 0 unspecified atom stereocenters. The smallest absolute Gasteiger partial charge is 0.266 e. The van der Waals surface area contributed by atoms with Crippen LogP contribution in [0.1, 0.15) is 29.1 Å². The van der Waals surface area contributed by atoms with Gasteiger partial charge in [-0.25, -0.2) is 9.37 Å². The fourth-order valence-electron chi connectivity index (χ4n) is 2.51. The molecule has 0 spiro atoms. The molecule has 25 heavy (non-hydrogen) atoms. The second kappa shape index (κ2) is 7.14. The van der Waals surface area contributed by atoms with Crippen LogP contribution in [0.15, 0.2) is 42.9 Å². The second-order valence-electron chi connectivity index (χ2n) is 6.06. The summed E-state index contributed by atoms with van der Waals surface area (Å²) < 4.78 is 15.6. The van der Waals surface area contributed by atoms with E-state index in [2.05, 4.69) is 10.1 Å². The zero-order chi connectivity index (χ0) is 18.0. The zero-order valence-electron chi connectivity index (χ0n) is 14.3. The third-order valence-electron chi connectivity index (χ3n) is 3.82. The molecule has 3 rings (SSSR count). The molecule has 0 N–H and O–H groups in total. The summed E-state index contributed by atoms with van der Waals surface area (Å²) in [6.07, 6.45) is 5.16. The number of rotatable bonds is 5. The standard InChI is InChI=1S/C18H19FN4OS/c1-12(2)23(11-13-8-21-22(3)10-13)18(24)16-9-20-17(25-16)14-6-4-5-7-15(14)19/h4-10,12H,11H2,1-3H3. The van der Waals surface area contributed by atoms with Crippen molar-refractivity contribution in [3.8, 4) is 10.6 Å². The van der Waals surface area contributed by atoms with E-state index in [0.717, 1.165) is 5.56 Å². The van der Waals surface area contributed by atoms with E-state index in [0.29, 0.717) is 22.0 Å². The lowest BCUT2D eigenvalue weighted by atomic mass is 10.2. The van der Waals surface area contributed by atoms with Crippen molar-refractivity contribution in [2.45, 2.75) is 26.4 Å². The quantitative estimate of drug-likeness (QED) is 0.698. The highest BCUT2D eigenvalue weighted by atomic mass is 32.1. The van der Waals surface area contributed by atoms with Crippen molar-refractivity contribution >= 4 is 17.2 Å². The number of aromatic nitrogens is 3. The first kappa shape index (κ1) is 17.3. The van der Waals surface area contributed by atoms with Crippen LogP contribution >= 0.6 is 11.3 Å². The molecule has 1 amide bonds. The van der Waals surface area contributed by atoms with Crippen molar-refractivity contribution in [2.75, 3.05) is 0 Å². The minimum atomic E-state index is -0.341. The third kappa shape index (κ3) is 3.76. The molecule has 130 valence electrons. The lowest BCUT2D eigenvalue weighted by Gasteiger charge is -2.25. The molecule has 1 aromatic carbocycles. The Bertz CT molecular complexity index is 887. The summed E-state index contributed by atoms with van der Waals surface area (Å²) in [5.41, 5.74) is 1.37. The number of benzene rings is 1. The predicted molar refractivity (Wildman–Crippen MR) is 95.7 cm³/mol. The molecule has 0 radical (unpaired) electrons. The molecule has 3 aromatic rings. The monoisotopic (exact) mass is 358 g/mol. The molecule has 0 saturated carbocycles. The van der Waals surface area contributed by atoms with Crippen LogP contribution in [-0.4, -0.2) is 31.6 Å². The Balaban J connectivity index is 1.84. The Kier molecular flexibility index (Phi) is 4.94. The Labute approximate surface area is 149 Å². The molecule has 0 atom stereocenters. The van der Waals surface area contributed by atoms with Crippen LogP contribution < -0.4 is 0 Å². The first-order valence-electron chi connectivity index (χ1n) is 7.95. The number of hydrogen-bond donors (Lipinski definition) is 0. The summed E-state index contributed by atoms with van der Waals surface area (Å²) in [4.78, 5) is 19.4. The SMILES string of the molecule is CC(C)N(Cc1cnn(C)c1)C(=O)c1cnc(-c2ccccc2F)s1. The van der Waals surface area contributed by atoms with E-state index in [-0.39, 0.29) is 17.8 Å². The van der Waals surface area contributed by atoms with E-state index in [9.17, 15) is 9.18 Å². The van der Waals surface area contributed by atoms with E-state index in [1.165, 1.54) is 23.6 Å². The number of amides is 1. The molecule has 0 fully saturated rings. The van der Waals surface area contributed by atoms with Gasteiger partial charge < -0.3 is 4.90 Å². The fraction of sp³-hybridized carbons (Fsp3) is 0.278. The average molecular weight is 358 g/mol. The summed E-state index contributed by atoms with van der Waals surface area (Å²) in [6.45, 7) is 4.40. The van der Waals surface area contributed by atoms with Gasteiger partial charge in [-0.15, -0.1) is 11.3 Å². The van der Waals surface area contributed by atoms with Crippen molar-refractivity contribution in [1.82, 2.24) is 19.7 Å². The normalized spacial score (nSPS) is 11.1. The van der Waals surface area contributed by atoms with Gasteiger partial charge in [-0.3, -0.25) is 9.48 Å². The predicted octanol–water partition coefficient (Wildman–Crippen LogP) is 3.73. The minimum Gasteiger partial charge on any atom is -0.331 e. The molecule has 0 saturated heterocycles. The molecule has 2 aromatic heterocycles. The Morgan fingerprint density at radius 2 is 2.08 bits per heavy atom. The van der Waals surface area contributed by atoms with Gasteiger partial charge in [-0.1, -0.05) is 12.1 Å². The van der Waals surface area contributed by atoms with E-state index in [1.807, 2.05) is 27.1 Å². The lowest BCUT2D eigenvalue weighted by Crippen LogP contribution is -2.35. The molecule has 5 nitrogen and oxygen atoms in total. The third-order valence-corrected chi connectivity index (χ3v) is 4.83. The number of hydrogen-bond acceptors (Lipinski definition) is 4. The lowest BCUT2D eigenvalue weighted by molar-refractivity contribution is 0.0695. The number of nitrogens with zero attached hydrogens (tertiary/aromatic N) is 4. The largest absolute Gasteiger partial charge is 0.331 e. The number of halogens is 1. The average Bonchev–Trinajstić information content (AvgIpc) is 3.21. The Morgan fingerprint density at radius 3 is 2.72 bits per heavy atom. The van der Waals surface area contributed by atoms with Crippen molar-refractivity contribution in [2.24, 2.45) is 7.05 Å². The van der Waals surface area contributed by atoms with Gasteiger partial charge in [0.15, 0.2) is 0 Å². The van der Waals surface area contributed by atoms with Crippen molar-refractivity contribution in [1.29, 1.82) is 0 Å². The maximum absolute atomic E-state index is 13.9. The molecule has 0 aliphatic carbocycles. The van der Waals surface area contributed by atoms with Crippen LogP contribution in [0, 0.1) is 5.82 Å². The van der Waals surface area contributed by atoms with Crippen LogP contribution in [0.4, 0.5) is 4.39 Å². The van der Waals surface area contributed by atoms with Gasteiger partial charge in [-0.2, -0.15) is 5.10 Å². The van der Waals surface area contributed by atoms with Crippen molar-refractivity contribution in [3.05, 3.63) is 59.1 Å². The second-order valence-corrected chi connectivity index (χ2v) is 7.09. The van der Waals surface area contributed by atoms with Gasteiger partial charge in [0.1, 0.15) is 15.7 Å². The zero-order valence-corrected chi connectivity index (χ0v) is 15.1. The molecular weight excluding hydrogens is 339 g/mol. The first-order chi connectivity index (χ1) is 12.0. The number of aryl methyl sites for hydroxylation is 1. The van der Waals surface area contributed by atoms with Gasteiger partial charge >= 0.3 is 0 Å². The van der Waals surface area contributed by atoms with E-state index in [1.54, 1.807) is 34.0 Å². The fourth-order valence-corrected chi connectivity index (χ4v) is 3.41. The summed E-state index contributed by atoms with van der Waals surface area (Å²) in [6, 6.07) is 6.46. The Morgan fingerprint density at radius 1 is 1.32 bits per heavy atom. The van der Waals surface area contributed by atoms with Gasteiger partial charge in [-0.05, 0) is 26.0 Å². The molecule has 0 aliphatic rings. The summed E-state index contributed by atoms with van der Waals surface area (Å²) in [7, 11) is 1.84. The molecular formula is C18H19FN4OS. The van der Waals surface area contributed by atoms with E-state index >= 15 is 0 Å². The molecule has 0 aliphatic heterocycles. The highest BCUT2D eigenvalue weighted by Gasteiger charge is 2.22.